The van der Waals surface area contributed by atoms with E-state index >= 15 is 0 Å². The van der Waals surface area contributed by atoms with Gasteiger partial charge in [0.1, 0.15) is 6.04 Å². The summed E-state index contributed by atoms with van der Waals surface area (Å²) in [5.74, 6) is -0.137. The van der Waals surface area contributed by atoms with Gasteiger partial charge in [0.25, 0.3) is 0 Å². The third-order valence-corrected chi connectivity index (χ3v) is 7.08. The lowest BCUT2D eigenvalue weighted by molar-refractivity contribution is -0.127. The molecule has 0 radical (unpaired) electrons. The predicted octanol–water partition coefficient (Wildman–Crippen LogP) is 2.94. The van der Waals surface area contributed by atoms with E-state index in [9.17, 15) is 14.4 Å². The van der Waals surface area contributed by atoms with Crippen LogP contribution in [0.2, 0.25) is 0 Å². The fraction of sp³-hybridized carbons (Fsp3) is 0.667. The summed E-state index contributed by atoms with van der Waals surface area (Å²) in [6.07, 6.45) is 4.48. The first-order valence-electron chi connectivity index (χ1n) is 12.9. The first kappa shape index (κ1) is 26.2. The van der Waals surface area contributed by atoms with Crippen LogP contribution in [0.5, 0.6) is 0 Å². The number of para-hydroxylation sites is 1. The van der Waals surface area contributed by atoms with Crippen LogP contribution >= 0.6 is 0 Å². The molecule has 1 aromatic rings. The number of hydrogen-bond donors (Lipinski definition) is 3. The minimum atomic E-state index is -0.529. The SMILES string of the molecule is CCC[C@H](C(N)=O)[C@@H](CN[C@H]1CCc2cccc3c2N(C1=O)[C@H](C(=O)NC(C)C)C3)CC(C)C. The van der Waals surface area contributed by atoms with Gasteiger partial charge in [0.2, 0.25) is 17.7 Å². The van der Waals surface area contributed by atoms with Crippen molar-refractivity contribution < 1.29 is 14.4 Å². The van der Waals surface area contributed by atoms with Gasteiger partial charge in [-0.1, -0.05) is 45.4 Å². The Balaban J connectivity index is 1.83. The third kappa shape index (κ3) is 5.80. The summed E-state index contributed by atoms with van der Waals surface area (Å²) in [7, 11) is 0. The second-order valence-corrected chi connectivity index (χ2v) is 10.7. The standard InChI is InChI=1S/C27H42N4O3/c1-6-8-21(25(28)32)20(13-16(2)3)15-29-22-12-11-18-9-7-10-19-14-23(26(33)30-17(4)5)31(24(18)19)27(22)34/h7,9-10,16-17,20-23,29H,6,8,11-15H2,1-5H3,(H2,28,32)(H,30,33)/t20-,21+,22+,23+/m1/s1. The minimum absolute atomic E-state index is 0.00720. The lowest BCUT2D eigenvalue weighted by Gasteiger charge is -2.31. The van der Waals surface area contributed by atoms with E-state index in [0.717, 1.165) is 42.5 Å². The third-order valence-electron chi connectivity index (χ3n) is 7.08. The Morgan fingerprint density at radius 2 is 1.88 bits per heavy atom. The molecule has 4 N–H and O–H groups in total. The van der Waals surface area contributed by atoms with Crippen molar-refractivity contribution in [3.63, 3.8) is 0 Å². The van der Waals surface area contributed by atoms with Crippen LogP contribution in [0.15, 0.2) is 18.2 Å². The van der Waals surface area contributed by atoms with Gasteiger partial charge in [0.05, 0.1) is 11.7 Å². The molecule has 0 unspecified atom stereocenters. The maximum Gasteiger partial charge on any atom is 0.244 e. The summed E-state index contributed by atoms with van der Waals surface area (Å²) in [6.45, 7) is 10.8. The molecule has 0 saturated carbocycles. The Kier molecular flexibility index (Phi) is 8.74. The van der Waals surface area contributed by atoms with Crippen molar-refractivity contribution in [3.05, 3.63) is 29.3 Å². The van der Waals surface area contributed by atoms with Crippen molar-refractivity contribution in [2.45, 2.75) is 91.3 Å². The zero-order valence-corrected chi connectivity index (χ0v) is 21.4. The molecule has 7 nitrogen and oxygen atoms in total. The van der Waals surface area contributed by atoms with E-state index in [1.165, 1.54) is 0 Å². The van der Waals surface area contributed by atoms with Crippen LogP contribution in [0.4, 0.5) is 5.69 Å². The van der Waals surface area contributed by atoms with Gasteiger partial charge in [-0.15, -0.1) is 0 Å². The minimum Gasteiger partial charge on any atom is -0.369 e. The summed E-state index contributed by atoms with van der Waals surface area (Å²) in [5, 5.41) is 6.49. The highest BCUT2D eigenvalue weighted by atomic mass is 16.2. The number of rotatable bonds is 11. The van der Waals surface area contributed by atoms with Crippen molar-refractivity contribution in [2.75, 3.05) is 11.4 Å². The molecule has 3 rings (SSSR count). The fourth-order valence-corrected chi connectivity index (χ4v) is 5.62. The van der Waals surface area contributed by atoms with E-state index in [2.05, 4.69) is 37.5 Å². The number of nitrogens with zero attached hydrogens (tertiary/aromatic N) is 1. The van der Waals surface area contributed by atoms with Crippen LogP contribution in [0.1, 0.15) is 71.4 Å². The number of carbonyl (C=O) groups excluding carboxylic acids is 3. The number of hydrogen-bond acceptors (Lipinski definition) is 4. The number of carbonyl (C=O) groups is 3. The van der Waals surface area contributed by atoms with Gasteiger partial charge in [-0.2, -0.15) is 0 Å². The molecule has 0 saturated heterocycles. The molecule has 0 aromatic heterocycles. The molecule has 2 heterocycles. The molecule has 4 atom stereocenters. The van der Waals surface area contributed by atoms with E-state index in [1.807, 2.05) is 26.0 Å². The maximum absolute atomic E-state index is 13.8. The molecule has 0 spiro atoms. The topological polar surface area (TPSA) is 105 Å². The number of amides is 3. The Bertz CT molecular complexity index is 898. The van der Waals surface area contributed by atoms with E-state index in [1.54, 1.807) is 4.90 Å². The van der Waals surface area contributed by atoms with E-state index in [4.69, 9.17) is 5.73 Å². The fourth-order valence-electron chi connectivity index (χ4n) is 5.62. The summed E-state index contributed by atoms with van der Waals surface area (Å²) < 4.78 is 0. The highest BCUT2D eigenvalue weighted by molar-refractivity contribution is 6.07. The zero-order valence-electron chi connectivity index (χ0n) is 21.4. The number of primary amides is 1. The van der Waals surface area contributed by atoms with Crippen molar-refractivity contribution in [1.29, 1.82) is 0 Å². The summed E-state index contributed by atoms with van der Waals surface area (Å²) >= 11 is 0. The van der Waals surface area contributed by atoms with Crippen molar-refractivity contribution in [3.8, 4) is 0 Å². The Morgan fingerprint density at radius 1 is 1.18 bits per heavy atom. The van der Waals surface area contributed by atoms with Gasteiger partial charge in [-0.3, -0.25) is 19.3 Å². The second-order valence-electron chi connectivity index (χ2n) is 10.7. The monoisotopic (exact) mass is 470 g/mol. The van der Waals surface area contributed by atoms with Gasteiger partial charge >= 0.3 is 0 Å². The maximum atomic E-state index is 13.8. The van der Waals surface area contributed by atoms with Crippen LogP contribution in [0.25, 0.3) is 0 Å². The van der Waals surface area contributed by atoms with Gasteiger partial charge in [-0.05, 0) is 69.0 Å². The molecule has 0 bridgehead atoms. The van der Waals surface area contributed by atoms with E-state index < -0.39 is 12.1 Å². The van der Waals surface area contributed by atoms with Crippen molar-refractivity contribution >= 4 is 23.4 Å². The quantitative estimate of drug-likeness (QED) is 0.462. The molecular weight excluding hydrogens is 428 g/mol. The number of anilines is 1. The van der Waals surface area contributed by atoms with Crippen LogP contribution in [0, 0.1) is 17.8 Å². The lowest BCUT2D eigenvalue weighted by atomic mass is 9.82. The van der Waals surface area contributed by atoms with Gasteiger partial charge in [0.15, 0.2) is 0 Å². The largest absolute Gasteiger partial charge is 0.369 e. The Hall–Kier alpha value is -2.41. The molecule has 188 valence electrons. The number of aryl methyl sites for hydroxylation is 1. The van der Waals surface area contributed by atoms with Gasteiger partial charge < -0.3 is 16.4 Å². The lowest BCUT2D eigenvalue weighted by Crippen LogP contribution is -2.55. The van der Waals surface area contributed by atoms with Gasteiger partial charge in [-0.25, -0.2) is 0 Å². The summed E-state index contributed by atoms with van der Waals surface area (Å²) in [5.41, 5.74) is 8.87. The van der Waals surface area contributed by atoms with Gasteiger partial charge in [0, 0.05) is 18.4 Å². The van der Waals surface area contributed by atoms with E-state index in [0.29, 0.717) is 25.3 Å². The molecule has 34 heavy (non-hydrogen) atoms. The summed E-state index contributed by atoms with van der Waals surface area (Å²) in [4.78, 5) is 40.8. The van der Waals surface area contributed by atoms with Crippen LogP contribution in [0.3, 0.4) is 0 Å². The molecular formula is C27H42N4O3. The molecule has 0 aliphatic carbocycles. The number of nitrogens with one attached hydrogen (secondary N) is 2. The van der Waals surface area contributed by atoms with Crippen molar-refractivity contribution in [1.82, 2.24) is 10.6 Å². The number of nitrogens with two attached hydrogens (primary N) is 1. The van der Waals surface area contributed by atoms with Crippen LogP contribution in [-0.4, -0.2) is 42.4 Å². The first-order valence-corrected chi connectivity index (χ1v) is 12.9. The van der Waals surface area contributed by atoms with Crippen molar-refractivity contribution in [2.24, 2.45) is 23.5 Å². The molecule has 7 heteroatoms. The smallest absolute Gasteiger partial charge is 0.244 e. The molecule has 1 aromatic carbocycles. The molecule has 3 amide bonds. The average Bonchev–Trinajstić information content (AvgIpc) is 3.09. The Morgan fingerprint density at radius 3 is 2.50 bits per heavy atom. The summed E-state index contributed by atoms with van der Waals surface area (Å²) in [6, 6.07) is 5.18. The van der Waals surface area contributed by atoms with Crippen LogP contribution < -0.4 is 21.3 Å². The predicted molar refractivity (Wildman–Crippen MR) is 135 cm³/mol. The molecule has 2 aliphatic heterocycles. The number of benzene rings is 1. The van der Waals surface area contributed by atoms with E-state index in [-0.39, 0.29) is 35.6 Å². The molecule has 0 fully saturated rings. The highest BCUT2D eigenvalue weighted by Crippen LogP contribution is 2.39. The zero-order chi connectivity index (χ0) is 25.0. The Labute approximate surface area is 204 Å². The highest BCUT2D eigenvalue weighted by Gasteiger charge is 2.43. The normalized spacial score (nSPS) is 21.4. The van der Waals surface area contributed by atoms with Crippen LogP contribution in [-0.2, 0) is 27.2 Å². The molecule has 2 aliphatic rings. The first-order chi connectivity index (χ1) is 16.1. The second kappa shape index (κ2) is 11.3. The average molecular weight is 471 g/mol.